The van der Waals surface area contributed by atoms with Crippen LogP contribution in [0.1, 0.15) is 56.1 Å². The average Bonchev–Trinajstić information content (AvgIpc) is 3.31. The Morgan fingerprint density at radius 1 is 0.968 bits per heavy atom. The number of pyridine rings is 1. The maximum atomic E-state index is 5.80. The van der Waals surface area contributed by atoms with Gasteiger partial charge in [0.1, 0.15) is 0 Å². The van der Waals surface area contributed by atoms with Gasteiger partial charge < -0.3 is 14.4 Å². The highest BCUT2D eigenvalue weighted by molar-refractivity contribution is 5.48. The summed E-state index contributed by atoms with van der Waals surface area (Å²) < 4.78 is 11.4. The van der Waals surface area contributed by atoms with Gasteiger partial charge in [0, 0.05) is 50.2 Å². The van der Waals surface area contributed by atoms with E-state index in [-0.39, 0.29) is 0 Å². The Hall–Kier alpha value is -2.11. The van der Waals surface area contributed by atoms with Crippen molar-refractivity contribution in [2.24, 2.45) is 5.92 Å². The Bertz CT molecular complexity index is 838. The number of ether oxygens (including phenoxy) is 2. The van der Waals surface area contributed by atoms with Gasteiger partial charge in [-0.15, -0.1) is 0 Å². The van der Waals surface area contributed by atoms with E-state index < -0.39 is 0 Å². The van der Waals surface area contributed by atoms with E-state index >= 15 is 0 Å². The zero-order chi connectivity index (χ0) is 20.9. The van der Waals surface area contributed by atoms with E-state index in [1.807, 2.05) is 24.5 Å². The van der Waals surface area contributed by atoms with Crippen molar-refractivity contribution >= 4 is 0 Å². The Morgan fingerprint density at radius 3 is 2.77 bits per heavy atom. The second-order valence-electron chi connectivity index (χ2n) is 9.48. The molecule has 3 aliphatic rings. The van der Waals surface area contributed by atoms with Crippen LogP contribution in [0.3, 0.4) is 0 Å². The van der Waals surface area contributed by atoms with Gasteiger partial charge in [0.05, 0.1) is 0 Å². The van der Waals surface area contributed by atoms with Crippen molar-refractivity contribution in [1.29, 1.82) is 0 Å². The summed E-state index contributed by atoms with van der Waals surface area (Å²) in [6, 6.07) is 11.3. The van der Waals surface area contributed by atoms with Crippen LogP contribution < -0.4 is 9.47 Å². The fourth-order valence-electron chi connectivity index (χ4n) is 5.68. The second kappa shape index (κ2) is 10.0. The molecule has 2 aromatic rings. The number of benzene rings is 1. The molecule has 0 spiro atoms. The zero-order valence-electron chi connectivity index (χ0n) is 18.5. The van der Waals surface area contributed by atoms with Crippen molar-refractivity contribution in [3.05, 3.63) is 53.9 Å². The van der Waals surface area contributed by atoms with Crippen LogP contribution in [-0.2, 0) is 13.1 Å². The highest BCUT2D eigenvalue weighted by atomic mass is 16.7. The fraction of sp³-hybridized carbons (Fsp3) is 0.577. The summed E-state index contributed by atoms with van der Waals surface area (Å²) >= 11 is 0. The third-order valence-corrected chi connectivity index (χ3v) is 7.16. The molecule has 2 aliphatic heterocycles. The first kappa shape index (κ1) is 20.8. The average molecular weight is 422 g/mol. The van der Waals surface area contributed by atoms with E-state index in [1.165, 1.54) is 69.2 Å². The smallest absolute Gasteiger partial charge is 0.231 e. The second-order valence-corrected chi connectivity index (χ2v) is 9.48. The van der Waals surface area contributed by atoms with Crippen molar-refractivity contribution in [2.75, 3.05) is 26.4 Å². The van der Waals surface area contributed by atoms with E-state index in [0.717, 1.165) is 43.1 Å². The van der Waals surface area contributed by atoms with Crippen molar-refractivity contribution in [3.63, 3.8) is 0 Å². The maximum absolute atomic E-state index is 5.80. The molecule has 3 heterocycles. The molecule has 0 bridgehead atoms. The standard InChI is InChI=1S/C26H35N3O2/c1-2-10-24(11-3-1)29-14-6-8-22(18-29)17-28(16-21-7-5-13-27-15-21)19-23-9-4-12-25-26(23)31-20-30-25/h4-5,7,9,12-13,15,22,24H,1-3,6,8,10-11,14,16-20H2. The van der Waals surface area contributed by atoms with Crippen LogP contribution >= 0.6 is 0 Å². The first-order valence-corrected chi connectivity index (χ1v) is 12.1. The number of para-hydroxylation sites is 1. The molecule has 1 aliphatic carbocycles. The Labute approximate surface area is 186 Å². The third-order valence-electron chi connectivity index (χ3n) is 7.16. The number of hydrogen-bond acceptors (Lipinski definition) is 5. The molecule has 1 aromatic heterocycles. The van der Waals surface area contributed by atoms with Gasteiger partial charge in [-0.05, 0) is 55.8 Å². The van der Waals surface area contributed by atoms with Gasteiger partial charge in [0.25, 0.3) is 0 Å². The highest BCUT2D eigenvalue weighted by Gasteiger charge is 2.28. The molecule has 0 N–H and O–H groups in total. The molecule has 2 fully saturated rings. The largest absolute Gasteiger partial charge is 0.454 e. The lowest BCUT2D eigenvalue weighted by molar-refractivity contribution is 0.0769. The van der Waals surface area contributed by atoms with Crippen molar-refractivity contribution in [3.8, 4) is 11.5 Å². The predicted molar refractivity (Wildman–Crippen MR) is 122 cm³/mol. The van der Waals surface area contributed by atoms with Crippen molar-refractivity contribution < 1.29 is 9.47 Å². The van der Waals surface area contributed by atoms with Crippen LogP contribution in [0.2, 0.25) is 0 Å². The molecule has 5 rings (SSSR count). The van der Waals surface area contributed by atoms with Crippen LogP contribution in [0.15, 0.2) is 42.7 Å². The lowest BCUT2D eigenvalue weighted by atomic mass is 9.90. The van der Waals surface area contributed by atoms with E-state index in [0.29, 0.717) is 6.79 Å². The molecule has 0 radical (unpaired) electrons. The van der Waals surface area contributed by atoms with E-state index in [4.69, 9.17) is 9.47 Å². The normalized spacial score (nSPS) is 22.2. The molecule has 1 unspecified atom stereocenters. The Kier molecular flexibility index (Phi) is 6.71. The first-order valence-electron chi connectivity index (χ1n) is 12.1. The highest BCUT2D eigenvalue weighted by Crippen LogP contribution is 2.36. The number of rotatable bonds is 7. The van der Waals surface area contributed by atoms with Crippen LogP contribution in [0.4, 0.5) is 0 Å². The summed E-state index contributed by atoms with van der Waals surface area (Å²) in [5.74, 6) is 2.52. The monoisotopic (exact) mass is 421 g/mol. The fourth-order valence-corrected chi connectivity index (χ4v) is 5.68. The lowest BCUT2D eigenvalue weighted by Crippen LogP contribution is -2.46. The number of hydrogen-bond donors (Lipinski definition) is 0. The molecule has 0 amide bonds. The topological polar surface area (TPSA) is 37.8 Å². The third kappa shape index (κ3) is 5.21. The first-order chi connectivity index (χ1) is 15.3. The van der Waals surface area contributed by atoms with Gasteiger partial charge in [-0.3, -0.25) is 9.88 Å². The molecule has 5 nitrogen and oxygen atoms in total. The molecular weight excluding hydrogens is 386 g/mol. The summed E-state index contributed by atoms with van der Waals surface area (Å²) in [6.45, 7) is 5.78. The Balaban J connectivity index is 1.29. The summed E-state index contributed by atoms with van der Waals surface area (Å²) in [7, 11) is 0. The number of nitrogens with zero attached hydrogens (tertiary/aromatic N) is 3. The van der Waals surface area contributed by atoms with Crippen LogP contribution in [0, 0.1) is 5.92 Å². The van der Waals surface area contributed by atoms with Gasteiger partial charge in [-0.25, -0.2) is 0 Å². The molecule has 1 aromatic carbocycles. The number of aromatic nitrogens is 1. The molecule has 1 saturated carbocycles. The number of piperidine rings is 1. The number of likely N-dealkylation sites (tertiary alicyclic amines) is 1. The van der Waals surface area contributed by atoms with Gasteiger partial charge in [0.15, 0.2) is 11.5 Å². The van der Waals surface area contributed by atoms with Gasteiger partial charge in [-0.2, -0.15) is 0 Å². The predicted octanol–water partition coefficient (Wildman–Crippen LogP) is 4.86. The molecule has 1 saturated heterocycles. The summed E-state index contributed by atoms with van der Waals surface area (Å²) in [4.78, 5) is 9.74. The quantitative estimate of drug-likeness (QED) is 0.638. The van der Waals surface area contributed by atoms with Crippen LogP contribution in [-0.4, -0.2) is 47.3 Å². The van der Waals surface area contributed by atoms with E-state index in [1.54, 1.807) is 0 Å². The van der Waals surface area contributed by atoms with Crippen LogP contribution in [0.5, 0.6) is 11.5 Å². The Morgan fingerprint density at radius 2 is 1.90 bits per heavy atom. The summed E-state index contributed by atoms with van der Waals surface area (Å²) in [6.07, 6.45) is 13.6. The van der Waals surface area contributed by atoms with E-state index in [9.17, 15) is 0 Å². The zero-order valence-corrected chi connectivity index (χ0v) is 18.5. The minimum Gasteiger partial charge on any atom is -0.454 e. The lowest BCUT2D eigenvalue weighted by Gasteiger charge is -2.41. The van der Waals surface area contributed by atoms with Gasteiger partial charge in [0.2, 0.25) is 6.79 Å². The number of fused-ring (bicyclic) bond motifs is 1. The van der Waals surface area contributed by atoms with E-state index in [2.05, 4.69) is 33.0 Å². The molecule has 5 heteroatoms. The summed E-state index contributed by atoms with van der Waals surface area (Å²) in [5.41, 5.74) is 2.49. The molecule has 31 heavy (non-hydrogen) atoms. The van der Waals surface area contributed by atoms with Crippen LogP contribution in [0.25, 0.3) is 0 Å². The molecular formula is C26H35N3O2. The van der Waals surface area contributed by atoms with Crippen molar-refractivity contribution in [2.45, 2.75) is 64.1 Å². The van der Waals surface area contributed by atoms with Crippen molar-refractivity contribution in [1.82, 2.24) is 14.8 Å². The molecule has 166 valence electrons. The minimum absolute atomic E-state index is 0.327. The summed E-state index contributed by atoms with van der Waals surface area (Å²) in [5, 5.41) is 0. The minimum atomic E-state index is 0.327. The van der Waals surface area contributed by atoms with Gasteiger partial charge >= 0.3 is 0 Å². The molecule has 1 atom stereocenters. The SMILES string of the molecule is c1cncc(CN(Cc2cccc3c2OCO3)CC2CCCN(C3CCCCC3)C2)c1. The van der Waals surface area contributed by atoms with Gasteiger partial charge in [-0.1, -0.05) is 37.5 Å². The maximum Gasteiger partial charge on any atom is 0.231 e.